The molecule has 0 aliphatic rings. The molecule has 6 heteroatoms. The van der Waals surface area contributed by atoms with Crippen LogP contribution in [-0.2, 0) is 0 Å². The van der Waals surface area contributed by atoms with E-state index in [-0.39, 0.29) is 0 Å². The number of pyridine rings is 1. The standard InChI is InChI=1S/C12H8BrN3OS/c13-9-2-1-8(18-9)11-10(12(14)17-16-11)7-3-5-15-6-4-7/h1-6H,14H2. The molecule has 0 amide bonds. The van der Waals surface area contributed by atoms with Gasteiger partial charge in [-0.3, -0.25) is 4.98 Å². The molecule has 0 radical (unpaired) electrons. The molecular formula is C12H8BrN3OS. The number of anilines is 1. The highest BCUT2D eigenvalue weighted by Gasteiger charge is 2.18. The Morgan fingerprint density at radius 1 is 1.17 bits per heavy atom. The maximum absolute atomic E-state index is 5.86. The average molecular weight is 322 g/mol. The number of nitrogen functional groups attached to an aromatic ring is 1. The van der Waals surface area contributed by atoms with Crippen molar-refractivity contribution in [2.24, 2.45) is 0 Å². The van der Waals surface area contributed by atoms with E-state index in [1.165, 1.54) is 0 Å². The van der Waals surface area contributed by atoms with Crippen LogP contribution in [-0.4, -0.2) is 10.1 Å². The number of hydrogen-bond acceptors (Lipinski definition) is 5. The molecule has 0 aromatic carbocycles. The second-order valence-electron chi connectivity index (χ2n) is 3.61. The van der Waals surface area contributed by atoms with Crippen molar-refractivity contribution < 1.29 is 4.52 Å². The van der Waals surface area contributed by atoms with Crippen molar-refractivity contribution in [3.8, 4) is 21.7 Å². The van der Waals surface area contributed by atoms with Gasteiger partial charge in [0.25, 0.3) is 0 Å². The van der Waals surface area contributed by atoms with Gasteiger partial charge in [0, 0.05) is 12.4 Å². The molecule has 4 nitrogen and oxygen atoms in total. The third-order valence-corrected chi connectivity index (χ3v) is 4.12. The fourth-order valence-electron chi connectivity index (χ4n) is 1.71. The highest BCUT2D eigenvalue weighted by Crippen LogP contribution is 2.39. The summed E-state index contributed by atoms with van der Waals surface area (Å²) in [7, 11) is 0. The Kier molecular flexibility index (Phi) is 2.89. The molecule has 3 rings (SSSR count). The van der Waals surface area contributed by atoms with Crippen LogP contribution in [0.4, 0.5) is 5.88 Å². The molecule has 3 aromatic heterocycles. The summed E-state index contributed by atoms with van der Waals surface area (Å²) >= 11 is 5.02. The number of thiophene rings is 1. The first-order valence-electron chi connectivity index (χ1n) is 5.17. The largest absolute Gasteiger partial charge is 0.367 e. The Morgan fingerprint density at radius 2 is 1.94 bits per heavy atom. The molecule has 0 atom stereocenters. The van der Waals surface area contributed by atoms with Gasteiger partial charge in [-0.15, -0.1) is 11.3 Å². The van der Waals surface area contributed by atoms with E-state index in [9.17, 15) is 0 Å². The maximum Gasteiger partial charge on any atom is 0.230 e. The fraction of sp³-hybridized carbons (Fsp3) is 0. The summed E-state index contributed by atoms with van der Waals surface area (Å²) in [5.41, 5.74) is 8.38. The Hall–Kier alpha value is -1.66. The topological polar surface area (TPSA) is 64.9 Å². The lowest BCUT2D eigenvalue weighted by Gasteiger charge is -1.99. The van der Waals surface area contributed by atoms with Crippen LogP contribution in [0.25, 0.3) is 21.7 Å². The first kappa shape index (κ1) is 11.4. The van der Waals surface area contributed by atoms with Crippen LogP contribution in [0.15, 0.2) is 45.0 Å². The quantitative estimate of drug-likeness (QED) is 0.779. The Balaban J connectivity index is 2.18. The monoisotopic (exact) mass is 321 g/mol. The zero-order valence-corrected chi connectivity index (χ0v) is 11.5. The smallest absolute Gasteiger partial charge is 0.230 e. The van der Waals surface area contributed by atoms with Gasteiger partial charge in [-0.2, -0.15) is 0 Å². The molecule has 0 saturated heterocycles. The molecule has 0 saturated carbocycles. The summed E-state index contributed by atoms with van der Waals surface area (Å²) in [5.74, 6) is 0.320. The minimum absolute atomic E-state index is 0.320. The second kappa shape index (κ2) is 4.55. The molecule has 90 valence electrons. The van der Waals surface area contributed by atoms with Gasteiger partial charge in [0.2, 0.25) is 5.88 Å². The van der Waals surface area contributed by atoms with Gasteiger partial charge >= 0.3 is 0 Å². The molecule has 18 heavy (non-hydrogen) atoms. The van der Waals surface area contributed by atoms with Gasteiger partial charge in [0.05, 0.1) is 14.2 Å². The third-order valence-electron chi connectivity index (χ3n) is 2.49. The first-order valence-corrected chi connectivity index (χ1v) is 6.78. The minimum Gasteiger partial charge on any atom is -0.367 e. The van der Waals surface area contributed by atoms with Crippen LogP contribution in [0, 0.1) is 0 Å². The minimum atomic E-state index is 0.320. The molecule has 0 aliphatic carbocycles. The van der Waals surface area contributed by atoms with Crippen molar-refractivity contribution in [3.05, 3.63) is 40.4 Å². The van der Waals surface area contributed by atoms with Crippen LogP contribution in [0.5, 0.6) is 0 Å². The van der Waals surface area contributed by atoms with Gasteiger partial charge < -0.3 is 10.3 Å². The summed E-state index contributed by atoms with van der Waals surface area (Å²) in [6.07, 6.45) is 3.44. The van der Waals surface area contributed by atoms with Crippen LogP contribution < -0.4 is 5.73 Å². The van der Waals surface area contributed by atoms with Gasteiger partial charge in [-0.1, -0.05) is 5.16 Å². The molecule has 2 N–H and O–H groups in total. The van der Waals surface area contributed by atoms with Crippen LogP contribution in [0.1, 0.15) is 0 Å². The van der Waals surface area contributed by atoms with E-state index >= 15 is 0 Å². The molecule has 0 bridgehead atoms. The number of halogens is 1. The van der Waals surface area contributed by atoms with E-state index in [1.807, 2.05) is 24.3 Å². The van der Waals surface area contributed by atoms with E-state index < -0.39 is 0 Å². The summed E-state index contributed by atoms with van der Waals surface area (Å²) in [5, 5.41) is 4.04. The van der Waals surface area contributed by atoms with Gasteiger partial charge in [0.1, 0.15) is 5.69 Å². The number of nitrogens with zero attached hydrogens (tertiary/aromatic N) is 2. The summed E-state index contributed by atoms with van der Waals surface area (Å²) in [6.45, 7) is 0. The zero-order chi connectivity index (χ0) is 12.5. The Bertz CT molecular complexity index is 678. The molecule has 3 aromatic rings. The average Bonchev–Trinajstić information content (AvgIpc) is 2.96. The normalized spacial score (nSPS) is 10.7. The number of rotatable bonds is 2. The van der Waals surface area contributed by atoms with Crippen molar-refractivity contribution >= 4 is 33.2 Å². The Morgan fingerprint density at radius 3 is 2.61 bits per heavy atom. The van der Waals surface area contributed by atoms with Gasteiger partial charge in [0.15, 0.2) is 0 Å². The Labute approximate surface area is 116 Å². The van der Waals surface area contributed by atoms with Gasteiger partial charge in [-0.25, -0.2) is 0 Å². The van der Waals surface area contributed by atoms with E-state index in [0.717, 1.165) is 25.5 Å². The van der Waals surface area contributed by atoms with Crippen molar-refractivity contribution in [3.63, 3.8) is 0 Å². The summed E-state index contributed by atoms with van der Waals surface area (Å²) < 4.78 is 6.15. The SMILES string of the molecule is Nc1onc(-c2ccc(Br)s2)c1-c1ccncc1. The molecular weight excluding hydrogens is 314 g/mol. The number of aromatic nitrogens is 2. The van der Waals surface area contributed by atoms with E-state index in [0.29, 0.717) is 5.88 Å². The lowest BCUT2D eigenvalue weighted by Crippen LogP contribution is -1.86. The van der Waals surface area contributed by atoms with Crippen molar-refractivity contribution in [1.82, 2.24) is 10.1 Å². The highest BCUT2D eigenvalue weighted by molar-refractivity contribution is 9.11. The van der Waals surface area contributed by atoms with E-state index in [4.69, 9.17) is 10.3 Å². The lowest BCUT2D eigenvalue weighted by atomic mass is 10.1. The predicted octanol–water partition coefficient (Wildman–Crippen LogP) is 3.81. The lowest BCUT2D eigenvalue weighted by molar-refractivity contribution is 0.439. The molecule has 0 fully saturated rings. The second-order valence-corrected chi connectivity index (χ2v) is 6.07. The van der Waals surface area contributed by atoms with Gasteiger partial charge in [-0.05, 0) is 45.8 Å². The third kappa shape index (κ3) is 1.93. The maximum atomic E-state index is 5.86. The van der Waals surface area contributed by atoms with E-state index in [1.54, 1.807) is 23.7 Å². The first-order chi connectivity index (χ1) is 8.75. The summed E-state index contributed by atoms with van der Waals surface area (Å²) in [6, 6.07) is 7.72. The number of nitrogens with two attached hydrogens (primary N) is 1. The summed E-state index contributed by atoms with van der Waals surface area (Å²) in [4.78, 5) is 5.00. The highest BCUT2D eigenvalue weighted by atomic mass is 79.9. The van der Waals surface area contributed by atoms with Crippen LogP contribution in [0.3, 0.4) is 0 Å². The number of hydrogen-bond donors (Lipinski definition) is 1. The predicted molar refractivity (Wildman–Crippen MR) is 75.2 cm³/mol. The van der Waals surface area contributed by atoms with Crippen molar-refractivity contribution in [2.45, 2.75) is 0 Å². The molecule has 0 aliphatic heterocycles. The van der Waals surface area contributed by atoms with E-state index in [2.05, 4.69) is 26.1 Å². The fourth-order valence-corrected chi connectivity index (χ4v) is 3.08. The van der Waals surface area contributed by atoms with Crippen molar-refractivity contribution in [2.75, 3.05) is 5.73 Å². The molecule has 0 spiro atoms. The van der Waals surface area contributed by atoms with Crippen LogP contribution >= 0.6 is 27.3 Å². The molecule has 3 heterocycles. The zero-order valence-electron chi connectivity index (χ0n) is 9.13. The molecule has 0 unspecified atom stereocenters. The van der Waals surface area contributed by atoms with Crippen LogP contribution in [0.2, 0.25) is 0 Å². The van der Waals surface area contributed by atoms with Crippen molar-refractivity contribution in [1.29, 1.82) is 0 Å².